The number of hydrogen-bond acceptors (Lipinski definition) is 2. The summed E-state index contributed by atoms with van der Waals surface area (Å²) in [7, 11) is 0. The summed E-state index contributed by atoms with van der Waals surface area (Å²) >= 11 is 0. The van der Waals surface area contributed by atoms with Gasteiger partial charge in [0.1, 0.15) is 0 Å². The third-order valence-corrected chi connectivity index (χ3v) is 3.20. The second kappa shape index (κ2) is 4.15. The number of aromatic hydroxyl groups is 1. The first kappa shape index (κ1) is 10.8. The molecule has 88 valence electrons. The minimum absolute atomic E-state index is 0.211. The number of rotatable bonds is 0. The molecule has 0 fully saturated rings. The summed E-state index contributed by atoms with van der Waals surface area (Å²) in [5, 5.41) is 9.51. The van der Waals surface area contributed by atoms with Crippen LogP contribution in [0.3, 0.4) is 0 Å². The Labute approximate surface area is 105 Å². The van der Waals surface area contributed by atoms with E-state index in [9.17, 15) is 9.90 Å². The van der Waals surface area contributed by atoms with E-state index >= 15 is 0 Å². The van der Waals surface area contributed by atoms with E-state index in [1.54, 1.807) is 6.07 Å². The van der Waals surface area contributed by atoms with Gasteiger partial charge in [0.2, 0.25) is 5.43 Å². The van der Waals surface area contributed by atoms with Crippen molar-refractivity contribution >= 4 is 11.6 Å². The largest absolute Gasteiger partial charge is 0.504 e. The van der Waals surface area contributed by atoms with Gasteiger partial charge in [0.05, 0.1) is 0 Å². The van der Waals surface area contributed by atoms with E-state index in [-0.39, 0.29) is 11.2 Å². The molecule has 0 aromatic heterocycles. The molecule has 0 radical (unpaired) electrons. The molecule has 2 aliphatic rings. The molecule has 0 amide bonds. The minimum Gasteiger partial charge on any atom is -0.504 e. The van der Waals surface area contributed by atoms with Crippen molar-refractivity contribution in [2.24, 2.45) is 0 Å². The van der Waals surface area contributed by atoms with Crippen LogP contribution in [0.1, 0.15) is 17.5 Å². The molecule has 18 heavy (non-hydrogen) atoms. The van der Waals surface area contributed by atoms with Crippen LogP contribution in [0, 0.1) is 0 Å². The molecule has 0 spiro atoms. The highest BCUT2D eigenvalue weighted by Gasteiger charge is 2.12. The lowest BCUT2D eigenvalue weighted by Gasteiger charge is -2.04. The van der Waals surface area contributed by atoms with Crippen molar-refractivity contribution in [2.75, 3.05) is 0 Å². The monoisotopic (exact) mass is 236 g/mol. The summed E-state index contributed by atoms with van der Waals surface area (Å²) in [4.78, 5) is 11.7. The van der Waals surface area contributed by atoms with Gasteiger partial charge in [0.15, 0.2) is 5.75 Å². The molecule has 0 aliphatic heterocycles. The molecule has 1 N–H and O–H groups in total. The molecule has 2 aliphatic carbocycles. The van der Waals surface area contributed by atoms with Crippen molar-refractivity contribution in [2.45, 2.75) is 6.42 Å². The average Bonchev–Trinajstić information content (AvgIpc) is 2.74. The molecule has 0 atom stereocenters. The predicted octanol–water partition coefficient (Wildman–Crippen LogP) is 3.05. The number of allylic oxidation sites excluding steroid dienone is 7. The van der Waals surface area contributed by atoms with Crippen LogP contribution in [0.15, 0.2) is 58.9 Å². The van der Waals surface area contributed by atoms with Crippen molar-refractivity contribution < 1.29 is 5.11 Å². The van der Waals surface area contributed by atoms with Gasteiger partial charge >= 0.3 is 0 Å². The van der Waals surface area contributed by atoms with Crippen LogP contribution in [0.25, 0.3) is 11.6 Å². The summed E-state index contributed by atoms with van der Waals surface area (Å²) < 4.78 is 0. The Morgan fingerprint density at radius 3 is 2.78 bits per heavy atom. The highest BCUT2D eigenvalue weighted by atomic mass is 16.3. The standard InChI is InChI=1S/C16H12O2/c17-15-8-7-12-6-5-11-3-1-2-4-13(9-11)14(12)10-16(15)18/h1-8,10H,9H2,(H,17,18). The maximum atomic E-state index is 11.7. The molecule has 3 rings (SSSR count). The first-order chi connectivity index (χ1) is 8.74. The van der Waals surface area contributed by atoms with Gasteiger partial charge in [-0.25, -0.2) is 0 Å². The quantitative estimate of drug-likeness (QED) is 0.751. The van der Waals surface area contributed by atoms with Crippen molar-refractivity contribution in [1.29, 1.82) is 0 Å². The van der Waals surface area contributed by atoms with Crippen molar-refractivity contribution in [3.63, 3.8) is 0 Å². The van der Waals surface area contributed by atoms with E-state index < -0.39 is 0 Å². The zero-order chi connectivity index (χ0) is 12.5. The van der Waals surface area contributed by atoms with Gasteiger partial charge in [-0.1, -0.05) is 42.5 Å². The Morgan fingerprint density at radius 2 is 1.89 bits per heavy atom. The Kier molecular flexibility index (Phi) is 2.49. The van der Waals surface area contributed by atoms with Crippen molar-refractivity contribution in [3.05, 3.63) is 75.5 Å². The van der Waals surface area contributed by atoms with Gasteiger partial charge in [-0.15, -0.1) is 0 Å². The highest BCUT2D eigenvalue weighted by molar-refractivity contribution is 5.80. The summed E-state index contributed by atoms with van der Waals surface area (Å²) in [5.74, 6) is -0.211. The molecule has 2 nitrogen and oxygen atoms in total. The van der Waals surface area contributed by atoms with Crippen LogP contribution in [-0.4, -0.2) is 5.11 Å². The molecule has 0 saturated carbocycles. The Balaban J connectivity index is 2.34. The van der Waals surface area contributed by atoms with Crippen molar-refractivity contribution in [3.8, 4) is 5.75 Å². The second-order valence-electron chi connectivity index (χ2n) is 4.42. The van der Waals surface area contributed by atoms with Gasteiger partial charge in [-0.3, -0.25) is 4.79 Å². The summed E-state index contributed by atoms with van der Waals surface area (Å²) in [6, 6.07) is 4.76. The number of fused-ring (bicyclic) bond motifs is 4. The normalized spacial score (nSPS) is 16.2. The van der Waals surface area contributed by atoms with Crippen LogP contribution in [0.4, 0.5) is 0 Å². The molecule has 0 unspecified atom stereocenters. The van der Waals surface area contributed by atoms with Gasteiger partial charge in [0, 0.05) is 0 Å². The van der Waals surface area contributed by atoms with E-state index in [1.807, 2.05) is 24.3 Å². The second-order valence-corrected chi connectivity index (χ2v) is 4.42. The lowest BCUT2D eigenvalue weighted by molar-refractivity contribution is 0.471. The van der Waals surface area contributed by atoms with Gasteiger partial charge in [-0.05, 0) is 40.8 Å². The van der Waals surface area contributed by atoms with Gasteiger partial charge in [-0.2, -0.15) is 0 Å². The van der Waals surface area contributed by atoms with Gasteiger partial charge in [0.25, 0.3) is 0 Å². The fraction of sp³-hybridized carbons (Fsp3) is 0.0625. The Morgan fingerprint density at radius 1 is 1.06 bits per heavy atom. The Bertz CT molecular complexity index is 689. The smallest absolute Gasteiger partial charge is 0.220 e. The SMILES string of the molecule is O=c1cc2c(ccc1O)C=CC1=CC=CC=C2C1. The summed E-state index contributed by atoms with van der Waals surface area (Å²) in [5.41, 5.74) is 3.82. The molecule has 2 heteroatoms. The predicted molar refractivity (Wildman–Crippen MR) is 73.2 cm³/mol. The lowest BCUT2D eigenvalue weighted by Crippen LogP contribution is -1.96. The van der Waals surface area contributed by atoms with E-state index in [4.69, 9.17) is 0 Å². The zero-order valence-corrected chi connectivity index (χ0v) is 9.76. The molecule has 0 heterocycles. The number of hydrogen-bond donors (Lipinski definition) is 1. The molecular formula is C16H12O2. The van der Waals surface area contributed by atoms with Crippen LogP contribution in [0.5, 0.6) is 5.75 Å². The van der Waals surface area contributed by atoms with Crippen LogP contribution >= 0.6 is 0 Å². The maximum Gasteiger partial charge on any atom is 0.220 e. The topological polar surface area (TPSA) is 37.3 Å². The maximum absolute atomic E-state index is 11.7. The van der Waals surface area contributed by atoms with Crippen LogP contribution in [0.2, 0.25) is 0 Å². The van der Waals surface area contributed by atoms with Crippen LogP contribution < -0.4 is 5.43 Å². The van der Waals surface area contributed by atoms with Crippen LogP contribution in [-0.2, 0) is 0 Å². The first-order valence-corrected chi connectivity index (χ1v) is 5.86. The summed E-state index contributed by atoms with van der Waals surface area (Å²) in [6.07, 6.45) is 12.9. The fourth-order valence-electron chi connectivity index (χ4n) is 2.24. The van der Waals surface area contributed by atoms with E-state index in [0.717, 1.165) is 23.1 Å². The molecule has 1 aromatic carbocycles. The lowest BCUT2D eigenvalue weighted by atomic mass is 9.99. The first-order valence-electron chi connectivity index (χ1n) is 5.86. The van der Waals surface area contributed by atoms with Gasteiger partial charge < -0.3 is 5.11 Å². The summed E-state index contributed by atoms with van der Waals surface area (Å²) in [6.45, 7) is 0. The minimum atomic E-state index is -0.341. The molecule has 2 bridgehead atoms. The fourth-order valence-corrected chi connectivity index (χ4v) is 2.24. The molecule has 0 saturated heterocycles. The van der Waals surface area contributed by atoms with E-state index in [0.29, 0.717) is 0 Å². The highest BCUT2D eigenvalue weighted by Crippen LogP contribution is 2.31. The average molecular weight is 236 g/mol. The molecule has 1 aromatic rings. The van der Waals surface area contributed by atoms with E-state index in [1.165, 1.54) is 17.7 Å². The third kappa shape index (κ3) is 1.82. The third-order valence-electron chi connectivity index (χ3n) is 3.20. The zero-order valence-electron chi connectivity index (χ0n) is 9.76. The van der Waals surface area contributed by atoms with Crippen molar-refractivity contribution in [1.82, 2.24) is 0 Å². The van der Waals surface area contributed by atoms with E-state index in [2.05, 4.69) is 12.2 Å². The molecular weight excluding hydrogens is 224 g/mol. The Hall–Kier alpha value is -2.35.